The van der Waals surface area contributed by atoms with Crippen molar-refractivity contribution in [1.82, 2.24) is 4.90 Å². The van der Waals surface area contributed by atoms with Gasteiger partial charge in [-0.05, 0) is 49.9 Å². The molecule has 128 valence electrons. The van der Waals surface area contributed by atoms with Crippen LogP contribution in [-0.2, 0) is 0 Å². The average Bonchev–Trinajstić information content (AvgIpc) is 3.08. The number of nitrogens with one attached hydrogen (secondary N) is 1. The maximum absolute atomic E-state index is 12.7. The molecule has 1 aliphatic rings. The van der Waals surface area contributed by atoms with Crippen LogP contribution >= 0.6 is 11.3 Å². The number of carbonyl (C=O) groups excluding carboxylic acids is 2. The molecule has 2 amide bonds. The Balaban J connectivity index is 1.63. The summed E-state index contributed by atoms with van der Waals surface area (Å²) < 4.78 is 5.05. The van der Waals surface area contributed by atoms with Crippen molar-refractivity contribution in [3.63, 3.8) is 0 Å². The van der Waals surface area contributed by atoms with Crippen molar-refractivity contribution in [2.24, 2.45) is 0 Å². The summed E-state index contributed by atoms with van der Waals surface area (Å²) in [4.78, 5) is 27.2. The van der Waals surface area contributed by atoms with Gasteiger partial charge in [0.2, 0.25) is 0 Å². The summed E-state index contributed by atoms with van der Waals surface area (Å²) in [5.74, 6) is -0.0957. The first-order chi connectivity index (χ1) is 11.7. The fraction of sp³-hybridized carbons (Fsp3) is 0.412. The van der Waals surface area contributed by atoms with Crippen LogP contribution < -0.4 is 5.32 Å². The van der Waals surface area contributed by atoms with Crippen LogP contribution in [0.25, 0.3) is 0 Å². The number of nitrogens with zero attached hydrogens (tertiary/aromatic N) is 1. The number of hydrogen-bond acceptors (Lipinski definition) is 5. The summed E-state index contributed by atoms with van der Waals surface area (Å²) in [5.41, 5.74) is 0. The molecule has 2 N–H and O–H groups in total. The van der Waals surface area contributed by atoms with E-state index >= 15 is 0 Å². The molecule has 0 spiro atoms. The molecule has 1 fully saturated rings. The van der Waals surface area contributed by atoms with Crippen LogP contribution in [0.2, 0.25) is 0 Å². The molecule has 0 aromatic carbocycles. The summed E-state index contributed by atoms with van der Waals surface area (Å²) in [5, 5.41) is 12.3. The van der Waals surface area contributed by atoms with Gasteiger partial charge in [-0.2, -0.15) is 0 Å². The van der Waals surface area contributed by atoms with E-state index in [0.717, 1.165) is 19.3 Å². The Bertz CT molecular complexity index is 691. The SMILES string of the molecule is O=C(Nc1ccc(C(=O)N(CCCCO)C2CC2)s1)c1ccco1. The average molecular weight is 348 g/mol. The Kier molecular flexibility index (Phi) is 5.32. The van der Waals surface area contributed by atoms with Crippen molar-refractivity contribution < 1.29 is 19.1 Å². The molecular formula is C17H20N2O4S. The van der Waals surface area contributed by atoms with E-state index in [-0.39, 0.29) is 24.2 Å². The maximum Gasteiger partial charge on any atom is 0.291 e. The number of unbranched alkanes of at least 4 members (excludes halogenated alkanes) is 1. The minimum absolute atomic E-state index is 0.000984. The molecule has 1 aliphatic carbocycles. The highest BCUT2D eigenvalue weighted by molar-refractivity contribution is 7.18. The Morgan fingerprint density at radius 1 is 1.29 bits per heavy atom. The molecule has 0 bridgehead atoms. The first kappa shape index (κ1) is 16.7. The van der Waals surface area contributed by atoms with Gasteiger partial charge in [-0.25, -0.2) is 0 Å². The summed E-state index contributed by atoms with van der Waals surface area (Å²) in [6.45, 7) is 0.810. The number of carbonyl (C=O) groups is 2. The molecule has 0 unspecified atom stereocenters. The van der Waals surface area contributed by atoms with Crippen molar-refractivity contribution in [2.75, 3.05) is 18.5 Å². The molecule has 0 radical (unpaired) electrons. The van der Waals surface area contributed by atoms with Crippen LogP contribution in [-0.4, -0.2) is 41.0 Å². The van der Waals surface area contributed by atoms with Crippen LogP contribution in [0.1, 0.15) is 45.9 Å². The number of hydrogen-bond donors (Lipinski definition) is 2. The van der Waals surface area contributed by atoms with Crippen LogP contribution in [0.4, 0.5) is 5.00 Å². The van der Waals surface area contributed by atoms with E-state index in [0.29, 0.717) is 28.9 Å². The Morgan fingerprint density at radius 3 is 2.79 bits per heavy atom. The zero-order valence-electron chi connectivity index (χ0n) is 13.2. The molecule has 0 saturated heterocycles. The van der Waals surface area contributed by atoms with Crippen LogP contribution in [0.3, 0.4) is 0 Å². The first-order valence-corrected chi connectivity index (χ1v) is 8.87. The first-order valence-electron chi connectivity index (χ1n) is 8.05. The molecule has 1 saturated carbocycles. The number of aliphatic hydroxyl groups is 1. The van der Waals surface area contributed by atoms with Gasteiger partial charge in [0.25, 0.3) is 11.8 Å². The van der Waals surface area contributed by atoms with E-state index in [1.807, 2.05) is 4.90 Å². The third kappa shape index (κ3) is 4.04. The van der Waals surface area contributed by atoms with Crippen LogP contribution in [0.5, 0.6) is 0 Å². The zero-order chi connectivity index (χ0) is 16.9. The summed E-state index contributed by atoms with van der Waals surface area (Å²) in [6.07, 6.45) is 5.02. The topological polar surface area (TPSA) is 82.8 Å². The van der Waals surface area contributed by atoms with Gasteiger partial charge in [-0.3, -0.25) is 9.59 Å². The van der Waals surface area contributed by atoms with Gasteiger partial charge >= 0.3 is 0 Å². The lowest BCUT2D eigenvalue weighted by Crippen LogP contribution is -2.33. The van der Waals surface area contributed by atoms with E-state index in [1.165, 1.54) is 17.6 Å². The van der Waals surface area contributed by atoms with Crippen LogP contribution in [0.15, 0.2) is 34.9 Å². The lowest BCUT2D eigenvalue weighted by Gasteiger charge is -2.21. The number of amides is 2. The minimum atomic E-state index is -0.331. The van der Waals surface area contributed by atoms with Crippen molar-refractivity contribution in [2.45, 2.75) is 31.7 Å². The van der Waals surface area contributed by atoms with E-state index in [2.05, 4.69) is 5.32 Å². The van der Waals surface area contributed by atoms with Gasteiger partial charge in [0.15, 0.2) is 5.76 Å². The molecule has 24 heavy (non-hydrogen) atoms. The molecule has 2 heterocycles. The maximum atomic E-state index is 12.7. The highest BCUT2D eigenvalue weighted by Crippen LogP contribution is 2.31. The standard InChI is InChI=1S/C17H20N2O4S/c20-10-2-1-9-19(12-5-6-12)17(22)14-7-8-15(24-14)18-16(21)13-4-3-11-23-13/h3-4,7-8,11-12,20H,1-2,5-6,9-10H2,(H,18,21). The van der Waals surface area contributed by atoms with Crippen molar-refractivity contribution in [3.05, 3.63) is 41.2 Å². The largest absolute Gasteiger partial charge is 0.459 e. The Labute approximate surface area is 144 Å². The van der Waals surface area contributed by atoms with Crippen molar-refractivity contribution >= 4 is 28.2 Å². The second-order valence-corrected chi connectivity index (χ2v) is 6.84. The van der Waals surface area contributed by atoms with Crippen molar-refractivity contribution in [3.8, 4) is 0 Å². The second-order valence-electron chi connectivity index (χ2n) is 5.76. The predicted octanol–water partition coefficient (Wildman–Crippen LogP) is 2.97. The lowest BCUT2D eigenvalue weighted by atomic mass is 10.3. The molecule has 2 aromatic heterocycles. The van der Waals surface area contributed by atoms with Gasteiger partial charge in [0, 0.05) is 19.2 Å². The predicted molar refractivity (Wildman–Crippen MR) is 91.4 cm³/mol. The monoisotopic (exact) mass is 348 g/mol. The molecular weight excluding hydrogens is 328 g/mol. The number of anilines is 1. The van der Waals surface area contributed by atoms with Gasteiger partial charge in [0.1, 0.15) is 0 Å². The highest BCUT2D eigenvalue weighted by Gasteiger charge is 2.33. The van der Waals surface area contributed by atoms with Gasteiger partial charge in [0.05, 0.1) is 16.1 Å². The fourth-order valence-corrected chi connectivity index (χ4v) is 3.33. The number of furan rings is 1. The van der Waals surface area contributed by atoms with Gasteiger partial charge in [-0.1, -0.05) is 0 Å². The smallest absolute Gasteiger partial charge is 0.291 e. The van der Waals surface area contributed by atoms with E-state index < -0.39 is 0 Å². The molecule has 3 rings (SSSR count). The van der Waals surface area contributed by atoms with E-state index in [1.54, 1.807) is 24.3 Å². The van der Waals surface area contributed by atoms with Crippen molar-refractivity contribution in [1.29, 1.82) is 0 Å². The number of thiophene rings is 1. The third-order valence-electron chi connectivity index (χ3n) is 3.85. The Hall–Kier alpha value is -2.12. The second kappa shape index (κ2) is 7.63. The summed E-state index contributed by atoms with van der Waals surface area (Å²) in [6, 6.07) is 7.03. The Morgan fingerprint density at radius 2 is 2.12 bits per heavy atom. The molecule has 0 atom stereocenters. The summed E-state index contributed by atoms with van der Waals surface area (Å²) >= 11 is 1.27. The number of aliphatic hydroxyl groups excluding tert-OH is 1. The van der Waals surface area contributed by atoms with E-state index in [9.17, 15) is 9.59 Å². The molecule has 2 aromatic rings. The van der Waals surface area contributed by atoms with Crippen LogP contribution in [0, 0.1) is 0 Å². The fourth-order valence-electron chi connectivity index (χ4n) is 2.47. The number of rotatable bonds is 8. The molecule has 7 heteroatoms. The molecule has 6 nitrogen and oxygen atoms in total. The van der Waals surface area contributed by atoms with Gasteiger partial charge < -0.3 is 19.7 Å². The zero-order valence-corrected chi connectivity index (χ0v) is 14.1. The lowest BCUT2D eigenvalue weighted by molar-refractivity contribution is 0.0741. The quantitative estimate of drug-likeness (QED) is 0.719. The summed E-state index contributed by atoms with van der Waals surface area (Å²) in [7, 11) is 0. The minimum Gasteiger partial charge on any atom is -0.459 e. The third-order valence-corrected chi connectivity index (χ3v) is 4.84. The molecule has 0 aliphatic heterocycles. The highest BCUT2D eigenvalue weighted by atomic mass is 32.1. The van der Waals surface area contributed by atoms with E-state index in [4.69, 9.17) is 9.52 Å². The normalized spacial score (nSPS) is 13.7. The van der Waals surface area contributed by atoms with Gasteiger partial charge in [-0.15, -0.1) is 11.3 Å².